The van der Waals surface area contributed by atoms with E-state index in [0.29, 0.717) is 5.69 Å². The van der Waals surface area contributed by atoms with Gasteiger partial charge in [-0.05, 0) is 12.1 Å². The molecule has 7 heteroatoms. The van der Waals surface area contributed by atoms with Gasteiger partial charge in [-0.25, -0.2) is 9.59 Å². The van der Waals surface area contributed by atoms with Crippen LogP contribution in [-0.2, 0) is 4.79 Å². The highest BCUT2D eigenvalue weighted by atomic mass is 16.4. The molecular formula is C11H14N2O5. The number of carbonyl (C=O) groups excluding carboxylic acids is 1. The molecule has 0 aromatic heterocycles. The Bertz CT molecular complexity index is 449. The molecule has 0 aliphatic rings. The number of carboxylic acid groups (broad SMARTS) is 1. The van der Waals surface area contributed by atoms with Gasteiger partial charge in [-0.2, -0.15) is 0 Å². The fourth-order valence-electron chi connectivity index (χ4n) is 1.21. The summed E-state index contributed by atoms with van der Waals surface area (Å²) in [7, 11) is 1.46. The van der Waals surface area contributed by atoms with Crippen LogP contribution in [0.2, 0.25) is 0 Å². The first-order valence-corrected chi connectivity index (χ1v) is 5.13. The number of hydrogen-bond donors (Lipinski definition) is 4. The van der Waals surface area contributed by atoms with Crippen LogP contribution in [0.3, 0.4) is 0 Å². The summed E-state index contributed by atoms with van der Waals surface area (Å²) in [6.45, 7) is -0.392. The number of nitrogens with one attached hydrogen (secondary N) is 1. The molecule has 0 aliphatic carbocycles. The minimum atomic E-state index is -1.65. The molecule has 0 fully saturated rings. The van der Waals surface area contributed by atoms with Gasteiger partial charge in [0.2, 0.25) is 0 Å². The number of benzene rings is 1. The number of aliphatic hydroxyl groups excluding tert-OH is 1. The number of hydrogen-bond acceptors (Lipinski definition) is 4. The van der Waals surface area contributed by atoms with Crippen LogP contribution in [-0.4, -0.2) is 47.0 Å². The van der Waals surface area contributed by atoms with Gasteiger partial charge in [-0.1, -0.05) is 6.07 Å². The molecule has 0 bridgehead atoms. The van der Waals surface area contributed by atoms with Gasteiger partial charge in [0.15, 0.2) is 6.10 Å². The maximum atomic E-state index is 11.6. The summed E-state index contributed by atoms with van der Waals surface area (Å²) in [6.07, 6.45) is -1.65. The minimum Gasteiger partial charge on any atom is -0.508 e. The number of amides is 2. The molecule has 18 heavy (non-hydrogen) atoms. The molecule has 1 rings (SSSR count). The Morgan fingerprint density at radius 3 is 2.67 bits per heavy atom. The Hall–Kier alpha value is -2.28. The van der Waals surface area contributed by atoms with Gasteiger partial charge in [0, 0.05) is 18.8 Å². The minimum absolute atomic E-state index is 0.0118. The monoisotopic (exact) mass is 254 g/mol. The highest BCUT2D eigenvalue weighted by Crippen LogP contribution is 2.18. The van der Waals surface area contributed by atoms with Gasteiger partial charge in [-0.15, -0.1) is 0 Å². The number of phenolic OH excluding ortho intramolecular Hbond substituents is 1. The number of urea groups is 1. The van der Waals surface area contributed by atoms with E-state index in [1.807, 2.05) is 0 Å². The van der Waals surface area contributed by atoms with E-state index >= 15 is 0 Å². The van der Waals surface area contributed by atoms with Crippen LogP contribution in [0.15, 0.2) is 24.3 Å². The Morgan fingerprint density at radius 1 is 1.44 bits per heavy atom. The third-order valence-corrected chi connectivity index (χ3v) is 2.25. The van der Waals surface area contributed by atoms with Gasteiger partial charge in [-0.3, -0.25) is 4.90 Å². The standard InChI is InChI=1S/C11H14N2O5/c1-13(7-3-2-4-8(14)5-7)11(18)12-6-9(15)10(16)17/h2-5,9,14-15H,6H2,1H3,(H,12,18)(H,16,17). The number of phenols is 1. The first kappa shape index (κ1) is 13.8. The molecule has 1 aromatic rings. The van der Waals surface area contributed by atoms with Gasteiger partial charge < -0.3 is 20.6 Å². The number of aliphatic hydroxyl groups is 1. The topological polar surface area (TPSA) is 110 Å². The van der Waals surface area contributed by atoms with Crippen molar-refractivity contribution in [2.45, 2.75) is 6.10 Å². The second-order valence-electron chi connectivity index (χ2n) is 3.62. The summed E-state index contributed by atoms with van der Waals surface area (Å²) in [5.74, 6) is -1.40. The van der Waals surface area contributed by atoms with Crippen molar-refractivity contribution < 1.29 is 24.9 Å². The molecule has 1 unspecified atom stereocenters. The van der Waals surface area contributed by atoms with Crippen LogP contribution in [0.25, 0.3) is 0 Å². The van der Waals surface area contributed by atoms with E-state index in [4.69, 9.17) is 10.2 Å². The van der Waals surface area contributed by atoms with Crippen molar-refractivity contribution in [1.29, 1.82) is 0 Å². The second kappa shape index (κ2) is 5.87. The highest BCUT2D eigenvalue weighted by molar-refractivity contribution is 5.91. The number of aromatic hydroxyl groups is 1. The van der Waals surface area contributed by atoms with E-state index in [-0.39, 0.29) is 5.75 Å². The van der Waals surface area contributed by atoms with Crippen LogP contribution in [0.1, 0.15) is 0 Å². The van der Waals surface area contributed by atoms with Crippen molar-refractivity contribution in [2.24, 2.45) is 0 Å². The molecule has 0 heterocycles. The van der Waals surface area contributed by atoms with Gasteiger partial charge in [0.1, 0.15) is 5.75 Å². The van der Waals surface area contributed by atoms with E-state index in [2.05, 4.69) is 5.32 Å². The van der Waals surface area contributed by atoms with Crippen molar-refractivity contribution in [3.63, 3.8) is 0 Å². The molecule has 7 nitrogen and oxygen atoms in total. The SMILES string of the molecule is CN(C(=O)NCC(O)C(=O)O)c1cccc(O)c1. The van der Waals surface area contributed by atoms with Gasteiger partial charge >= 0.3 is 12.0 Å². The Labute approximate surface area is 103 Å². The van der Waals surface area contributed by atoms with Crippen molar-refractivity contribution in [2.75, 3.05) is 18.5 Å². The zero-order chi connectivity index (χ0) is 13.7. The Kier molecular flexibility index (Phi) is 4.50. The number of carbonyl (C=O) groups is 2. The Morgan fingerprint density at radius 2 is 2.11 bits per heavy atom. The average Bonchev–Trinajstić information content (AvgIpc) is 2.34. The average molecular weight is 254 g/mol. The first-order valence-electron chi connectivity index (χ1n) is 5.13. The highest BCUT2D eigenvalue weighted by Gasteiger charge is 2.16. The molecular weight excluding hydrogens is 240 g/mol. The summed E-state index contributed by atoms with van der Waals surface area (Å²) in [5, 5.41) is 29.0. The third kappa shape index (κ3) is 3.63. The quantitative estimate of drug-likeness (QED) is 0.603. The molecule has 1 atom stereocenters. The maximum absolute atomic E-state index is 11.6. The van der Waals surface area contributed by atoms with Crippen molar-refractivity contribution in [3.8, 4) is 5.75 Å². The molecule has 0 radical (unpaired) electrons. The zero-order valence-electron chi connectivity index (χ0n) is 9.70. The maximum Gasteiger partial charge on any atom is 0.334 e. The molecule has 0 aliphatic heterocycles. The smallest absolute Gasteiger partial charge is 0.334 e. The number of carboxylic acids is 1. The molecule has 2 amide bonds. The molecule has 0 spiro atoms. The predicted molar refractivity (Wildman–Crippen MR) is 63.6 cm³/mol. The fourth-order valence-corrected chi connectivity index (χ4v) is 1.21. The van der Waals surface area contributed by atoms with E-state index in [0.717, 1.165) is 0 Å². The van der Waals surface area contributed by atoms with Crippen LogP contribution in [0.5, 0.6) is 5.75 Å². The molecule has 4 N–H and O–H groups in total. The number of aliphatic carboxylic acids is 1. The normalized spacial score (nSPS) is 11.7. The largest absolute Gasteiger partial charge is 0.508 e. The second-order valence-corrected chi connectivity index (χ2v) is 3.62. The zero-order valence-corrected chi connectivity index (χ0v) is 9.70. The summed E-state index contributed by atoms with van der Waals surface area (Å²) < 4.78 is 0. The van der Waals surface area contributed by atoms with Gasteiger partial charge in [0.05, 0.1) is 6.54 Å². The van der Waals surface area contributed by atoms with Crippen LogP contribution < -0.4 is 10.2 Å². The van der Waals surface area contributed by atoms with E-state index < -0.39 is 24.6 Å². The summed E-state index contributed by atoms with van der Waals surface area (Å²) in [6, 6.07) is 5.44. The molecule has 98 valence electrons. The van der Waals surface area contributed by atoms with Crippen molar-refractivity contribution >= 4 is 17.7 Å². The van der Waals surface area contributed by atoms with Crippen LogP contribution in [0, 0.1) is 0 Å². The lowest BCUT2D eigenvalue weighted by Crippen LogP contribution is -2.43. The van der Waals surface area contributed by atoms with E-state index in [1.165, 1.54) is 24.1 Å². The number of nitrogens with zero attached hydrogens (tertiary/aromatic N) is 1. The van der Waals surface area contributed by atoms with Crippen LogP contribution >= 0.6 is 0 Å². The fraction of sp³-hybridized carbons (Fsp3) is 0.273. The third-order valence-electron chi connectivity index (χ3n) is 2.25. The first-order chi connectivity index (χ1) is 8.41. The molecule has 0 saturated carbocycles. The van der Waals surface area contributed by atoms with E-state index in [1.54, 1.807) is 12.1 Å². The van der Waals surface area contributed by atoms with Gasteiger partial charge in [0.25, 0.3) is 0 Å². The lowest BCUT2D eigenvalue weighted by atomic mass is 10.3. The van der Waals surface area contributed by atoms with Crippen molar-refractivity contribution in [3.05, 3.63) is 24.3 Å². The summed E-state index contributed by atoms with van der Waals surface area (Å²) >= 11 is 0. The van der Waals surface area contributed by atoms with Crippen LogP contribution in [0.4, 0.5) is 10.5 Å². The van der Waals surface area contributed by atoms with E-state index in [9.17, 15) is 14.7 Å². The number of anilines is 1. The number of rotatable bonds is 4. The Balaban J connectivity index is 2.59. The molecule has 0 saturated heterocycles. The van der Waals surface area contributed by atoms with Crippen molar-refractivity contribution in [1.82, 2.24) is 5.32 Å². The lowest BCUT2D eigenvalue weighted by molar-refractivity contribution is -0.146. The molecule has 1 aromatic carbocycles. The summed E-state index contributed by atoms with van der Waals surface area (Å²) in [4.78, 5) is 23.1. The predicted octanol–water partition coefficient (Wildman–Crippen LogP) is -0.0165. The summed E-state index contributed by atoms with van der Waals surface area (Å²) in [5.41, 5.74) is 0.442. The lowest BCUT2D eigenvalue weighted by Gasteiger charge is -2.18.